The van der Waals surface area contributed by atoms with Gasteiger partial charge in [-0.2, -0.15) is 13.2 Å². The molecule has 0 N–H and O–H groups in total. The van der Waals surface area contributed by atoms with Gasteiger partial charge in [0.1, 0.15) is 5.69 Å². The van der Waals surface area contributed by atoms with E-state index in [1.807, 2.05) is 6.92 Å². The van der Waals surface area contributed by atoms with Crippen LogP contribution in [0, 0.1) is 16.0 Å². The van der Waals surface area contributed by atoms with Gasteiger partial charge in [0.25, 0.3) is 5.69 Å². The second kappa shape index (κ2) is 7.16. The normalized spacial score (nSPS) is 19.0. The minimum absolute atomic E-state index is 0.227. The van der Waals surface area contributed by atoms with Crippen LogP contribution in [-0.4, -0.2) is 31.2 Å². The topological polar surface area (TPSA) is 55.6 Å². The van der Waals surface area contributed by atoms with Gasteiger partial charge in [0.2, 0.25) is 0 Å². The van der Waals surface area contributed by atoms with E-state index in [1.165, 1.54) is 6.07 Å². The molecule has 0 aliphatic carbocycles. The van der Waals surface area contributed by atoms with Gasteiger partial charge in [0.05, 0.1) is 17.1 Å². The van der Waals surface area contributed by atoms with Gasteiger partial charge in [-0.05, 0) is 37.8 Å². The number of nitro groups is 1. The van der Waals surface area contributed by atoms with E-state index in [0.717, 1.165) is 18.9 Å². The maximum Gasteiger partial charge on any atom is 0.416 e. The second-order valence-electron chi connectivity index (χ2n) is 5.57. The van der Waals surface area contributed by atoms with Crippen molar-refractivity contribution in [3.05, 3.63) is 33.9 Å². The molecule has 1 atom stereocenters. The summed E-state index contributed by atoms with van der Waals surface area (Å²) in [6.07, 6.45) is -2.82. The Morgan fingerprint density at radius 1 is 1.43 bits per heavy atom. The average Bonchev–Trinajstić information content (AvgIpc) is 2.51. The van der Waals surface area contributed by atoms with E-state index in [4.69, 9.17) is 4.74 Å². The second-order valence-corrected chi connectivity index (χ2v) is 5.57. The van der Waals surface area contributed by atoms with Crippen molar-refractivity contribution >= 4 is 11.4 Å². The van der Waals surface area contributed by atoms with Gasteiger partial charge in [-0.25, -0.2) is 0 Å². The molecule has 1 saturated heterocycles. The van der Waals surface area contributed by atoms with E-state index in [9.17, 15) is 23.3 Å². The Kier molecular flexibility index (Phi) is 5.46. The molecule has 0 bridgehead atoms. The highest BCUT2D eigenvalue weighted by molar-refractivity contribution is 5.65. The number of hydrogen-bond donors (Lipinski definition) is 0. The molecule has 0 aromatic heterocycles. The highest BCUT2D eigenvalue weighted by Crippen LogP contribution is 2.37. The summed E-state index contributed by atoms with van der Waals surface area (Å²) >= 11 is 0. The summed E-state index contributed by atoms with van der Waals surface area (Å²) in [6, 6.07) is 2.71. The number of alkyl halides is 3. The maximum atomic E-state index is 12.8. The molecule has 5 nitrogen and oxygen atoms in total. The zero-order valence-corrected chi connectivity index (χ0v) is 12.8. The van der Waals surface area contributed by atoms with Crippen molar-refractivity contribution < 1.29 is 22.8 Å². The third-order valence-electron chi connectivity index (χ3n) is 3.92. The van der Waals surface area contributed by atoms with Gasteiger partial charge in [0, 0.05) is 25.8 Å². The summed E-state index contributed by atoms with van der Waals surface area (Å²) in [5.41, 5.74) is -1.27. The van der Waals surface area contributed by atoms with E-state index in [0.29, 0.717) is 32.4 Å². The number of piperidine rings is 1. The number of rotatable bonds is 5. The molecule has 0 spiro atoms. The minimum atomic E-state index is -4.59. The Morgan fingerprint density at radius 3 is 2.78 bits per heavy atom. The summed E-state index contributed by atoms with van der Waals surface area (Å²) in [6.45, 7) is 4.18. The Bertz CT molecular complexity index is 563. The van der Waals surface area contributed by atoms with E-state index in [1.54, 1.807) is 4.90 Å². The van der Waals surface area contributed by atoms with Gasteiger partial charge >= 0.3 is 6.18 Å². The maximum absolute atomic E-state index is 12.8. The van der Waals surface area contributed by atoms with Crippen LogP contribution in [0.1, 0.15) is 25.3 Å². The molecule has 23 heavy (non-hydrogen) atoms. The number of hydrogen-bond acceptors (Lipinski definition) is 4. The molecule has 0 radical (unpaired) electrons. The first kappa shape index (κ1) is 17.5. The number of ether oxygens (including phenoxy) is 1. The Morgan fingerprint density at radius 2 is 2.17 bits per heavy atom. The van der Waals surface area contributed by atoms with Crippen LogP contribution in [0.2, 0.25) is 0 Å². The van der Waals surface area contributed by atoms with Gasteiger partial charge in [-0.15, -0.1) is 0 Å². The summed E-state index contributed by atoms with van der Waals surface area (Å²) in [5, 5.41) is 11.2. The van der Waals surface area contributed by atoms with E-state index in [2.05, 4.69) is 0 Å². The standard InChI is InChI=1S/C15H19F3N2O3/c1-2-23-10-11-4-3-7-19(9-11)13-6-5-12(15(16,17)18)8-14(13)20(21)22/h5-6,8,11H,2-4,7,9-10H2,1H3. The van der Waals surface area contributed by atoms with Crippen molar-refractivity contribution in [2.45, 2.75) is 25.9 Å². The lowest BCUT2D eigenvalue weighted by Gasteiger charge is -2.34. The van der Waals surface area contributed by atoms with Crippen LogP contribution in [0.5, 0.6) is 0 Å². The average molecular weight is 332 g/mol. The van der Waals surface area contributed by atoms with Crippen LogP contribution in [-0.2, 0) is 10.9 Å². The van der Waals surface area contributed by atoms with E-state index < -0.39 is 22.4 Å². The van der Waals surface area contributed by atoms with Crippen LogP contribution in [0.3, 0.4) is 0 Å². The Balaban J connectivity index is 2.26. The minimum Gasteiger partial charge on any atom is -0.381 e. The molecule has 1 aliphatic heterocycles. The lowest BCUT2D eigenvalue weighted by molar-refractivity contribution is -0.384. The summed E-state index contributed by atoms with van der Waals surface area (Å²) in [5.74, 6) is 0.227. The molecule has 1 aliphatic rings. The SMILES string of the molecule is CCOCC1CCCN(c2ccc(C(F)(F)F)cc2[N+](=O)[O-])C1. The highest BCUT2D eigenvalue weighted by Gasteiger charge is 2.34. The first-order valence-corrected chi connectivity index (χ1v) is 7.51. The Hall–Kier alpha value is -1.83. The predicted molar refractivity (Wildman–Crippen MR) is 79.5 cm³/mol. The fraction of sp³-hybridized carbons (Fsp3) is 0.600. The number of anilines is 1. The first-order valence-electron chi connectivity index (χ1n) is 7.51. The largest absolute Gasteiger partial charge is 0.416 e. The highest BCUT2D eigenvalue weighted by atomic mass is 19.4. The van der Waals surface area contributed by atoms with Crippen LogP contribution < -0.4 is 4.90 Å². The molecule has 8 heteroatoms. The van der Waals surface area contributed by atoms with Crippen LogP contribution in [0.25, 0.3) is 0 Å². The van der Waals surface area contributed by atoms with Gasteiger partial charge < -0.3 is 9.64 Å². The summed E-state index contributed by atoms with van der Waals surface area (Å²) < 4.78 is 43.7. The quantitative estimate of drug-likeness (QED) is 0.607. The van der Waals surface area contributed by atoms with Gasteiger partial charge in [0.15, 0.2) is 0 Å². The van der Waals surface area contributed by atoms with Crippen LogP contribution in [0.4, 0.5) is 24.5 Å². The molecule has 2 rings (SSSR count). The number of nitrogens with zero attached hydrogens (tertiary/aromatic N) is 2. The van der Waals surface area contributed by atoms with E-state index in [-0.39, 0.29) is 11.6 Å². The first-order chi connectivity index (χ1) is 10.8. The fourth-order valence-corrected chi connectivity index (χ4v) is 2.82. The van der Waals surface area contributed by atoms with Gasteiger partial charge in [-0.1, -0.05) is 0 Å². The molecule has 1 fully saturated rings. The lowest BCUT2D eigenvalue weighted by atomic mass is 9.98. The van der Waals surface area contributed by atoms with Crippen molar-refractivity contribution in [2.24, 2.45) is 5.92 Å². The lowest BCUT2D eigenvalue weighted by Crippen LogP contribution is -2.37. The molecule has 0 saturated carbocycles. The molecular weight excluding hydrogens is 313 g/mol. The van der Waals surface area contributed by atoms with Gasteiger partial charge in [-0.3, -0.25) is 10.1 Å². The van der Waals surface area contributed by atoms with Crippen molar-refractivity contribution in [3.8, 4) is 0 Å². The van der Waals surface area contributed by atoms with Crippen molar-refractivity contribution in [3.63, 3.8) is 0 Å². The third kappa shape index (κ3) is 4.34. The van der Waals surface area contributed by atoms with E-state index >= 15 is 0 Å². The zero-order valence-electron chi connectivity index (χ0n) is 12.8. The van der Waals surface area contributed by atoms with Crippen molar-refractivity contribution in [1.82, 2.24) is 0 Å². The molecule has 1 aromatic rings. The number of nitro benzene ring substituents is 1. The molecule has 0 amide bonds. The number of halogens is 3. The third-order valence-corrected chi connectivity index (χ3v) is 3.92. The fourth-order valence-electron chi connectivity index (χ4n) is 2.82. The smallest absolute Gasteiger partial charge is 0.381 e. The van der Waals surface area contributed by atoms with Crippen molar-refractivity contribution in [2.75, 3.05) is 31.2 Å². The molecule has 1 heterocycles. The van der Waals surface area contributed by atoms with Crippen LogP contribution >= 0.6 is 0 Å². The van der Waals surface area contributed by atoms with Crippen molar-refractivity contribution in [1.29, 1.82) is 0 Å². The zero-order chi connectivity index (χ0) is 17.0. The monoisotopic (exact) mass is 332 g/mol. The number of benzene rings is 1. The molecular formula is C15H19F3N2O3. The molecule has 128 valence electrons. The Labute approximate surface area is 132 Å². The predicted octanol–water partition coefficient (Wildman–Crippen LogP) is 3.87. The summed E-state index contributed by atoms with van der Waals surface area (Å²) in [7, 11) is 0. The molecule has 1 aromatic carbocycles. The molecule has 1 unspecified atom stereocenters. The summed E-state index contributed by atoms with van der Waals surface area (Å²) in [4.78, 5) is 12.2. The van der Waals surface area contributed by atoms with Crippen LogP contribution in [0.15, 0.2) is 18.2 Å².